The van der Waals surface area contributed by atoms with E-state index in [4.69, 9.17) is 15.2 Å². The van der Waals surface area contributed by atoms with E-state index >= 15 is 0 Å². The number of carbonyl (C=O) groups excluding carboxylic acids is 1. The number of amides is 1. The summed E-state index contributed by atoms with van der Waals surface area (Å²) in [6.07, 6.45) is -2.85. The van der Waals surface area contributed by atoms with E-state index in [9.17, 15) is 22.2 Å². The fourth-order valence-corrected chi connectivity index (χ4v) is 6.92. The zero-order chi connectivity index (χ0) is 24.3. The molecule has 2 aliphatic rings. The molecule has 186 valence electrons. The van der Waals surface area contributed by atoms with Crippen LogP contribution in [0, 0.1) is 0 Å². The van der Waals surface area contributed by atoms with Gasteiger partial charge in [-0.2, -0.15) is 13.2 Å². The van der Waals surface area contributed by atoms with Crippen LogP contribution < -0.4 is 10.5 Å². The molecule has 1 atom stereocenters. The highest BCUT2D eigenvalue weighted by Crippen LogP contribution is 2.35. The van der Waals surface area contributed by atoms with Crippen LogP contribution in [-0.4, -0.2) is 82.5 Å². The zero-order valence-corrected chi connectivity index (χ0v) is 19.6. The molecule has 1 aromatic carbocycles. The third-order valence-corrected chi connectivity index (χ3v) is 9.67. The number of alkyl halides is 3. The lowest BCUT2D eigenvalue weighted by Crippen LogP contribution is -2.62. The molecule has 7 nitrogen and oxygen atoms in total. The van der Waals surface area contributed by atoms with Gasteiger partial charge in [-0.15, -0.1) is 0 Å². The number of hydrogen-bond acceptors (Lipinski definition) is 5. The summed E-state index contributed by atoms with van der Waals surface area (Å²) < 4.78 is 63.6. The summed E-state index contributed by atoms with van der Waals surface area (Å²) in [4.78, 5) is 14.7. The number of nitrogens with zero attached hydrogens (tertiary/aromatic N) is 2. The van der Waals surface area contributed by atoms with E-state index in [-0.39, 0.29) is 6.10 Å². The lowest BCUT2D eigenvalue weighted by molar-refractivity contribution is -0.137. The fraction of sp³-hybridized carbons (Fsp3) is 0.636. The van der Waals surface area contributed by atoms with Crippen LogP contribution in [-0.2, 0) is 25.4 Å². The first kappa shape index (κ1) is 25.8. The number of methoxy groups -OCH3 is 1. The van der Waals surface area contributed by atoms with Gasteiger partial charge in [-0.1, -0.05) is 0 Å². The Hall–Kier alpha value is -1.82. The largest absolute Gasteiger partial charge is 0.490 e. The second-order valence-corrected chi connectivity index (χ2v) is 11.2. The number of benzene rings is 1. The predicted octanol–water partition coefficient (Wildman–Crippen LogP) is 2.15. The van der Waals surface area contributed by atoms with Gasteiger partial charge < -0.3 is 20.1 Å². The number of likely N-dealkylation sites (tertiary alicyclic amines) is 1. The van der Waals surface area contributed by atoms with E-state index in [0.29, 0.717) is 64.2 Å². The highest BCUT2D eigenvalue weighted by molar-refractivity contribution is 8.00. The van der Waals surface area contributed by atoms with E-state index in [1.165, 1.54) is 12.1 Å². The van der Waals surface area contributed by atoms with Gasteiger partial charge in [-0.3, -0.25) is 9.00 Å². The summed E-state index contributed by atoms with van der Waals surface area (Å²) in [7, 11) is -1.36. The summed E-state index contributed by atoms with van der Waals surface area (Å²) in [6.45, 7) is 3.29. The first-order valence-electron chi connectivity index (χ1n) is 11.0. The number of ether oxygens (including phenoxy) is 2. The number of halogens is 3. The number of piperidine rings is 2. The molecule has 1 aromatic rings. The molecule has 2 fully saturated rings. The SMILES string of the molecule is C=S(=O)(N1CCC(Oc2ccc(C(F)(F)F)cc2)CC1)C1(C(N)=O)CCN(CCOC)CC1. The maximum absolute atomic E-state index is 13.9. The van der Waals surface area contributed by atoms with Crippen molar-refractivity contribution >= 4 is 21.5 Å². The number of nitrogens with two attached hydrogens (primary N) is 1. The molecule has 1 unspecified atom stereocenters. The van der Waals surface area contributed by atoms with Crippen molar-refractivity contribution in [3.63, 3.8) is 0 Å². The molecule has 2 heterocycles. The van der Waals surface area contributed by atoms with Crippen LogP contribution in [0.5, 0.6) is 5.75 Å². The first-order valence-corrected chi connectivity index (χ1v) is 12.6. The van der Waals surface area contributed by atoms with Gasteiger partial charge in [0.2, 0.25) is 5.91 Å². The molecular formula is C22H32F3N3O4S. The van der Waals surface area contributed by atoms with Crippen LogP contribution in [0.25, 0.3) is 0 Å². The molecule has 0 saturated carbocycles. The fourth-order valence-electron chi connectivity index (χ4n) is 4.49. The summed E-state index contributed by atoms with van der Waals surface area (Å²) in [5, 5.41) is 0. The minimum Gasteiger partial charge on any atom is -0.490 e. The average Bonchev–Trinajstić information content (AvgIpc) is 2.78. The smallest absolute Gasteiger partial charge is 0.416 e. The molecule has 33 heavy (non-hydrogen) atoms. The van der Waals surface area contributed by atoms with Gasteiger partial charge in [0.15, 0.2) is 0 Å². The number of rotatable bonds is 8. The Morgan fingerprint density at radius 3 is 2.24 bits per heavy atom. The molecule has 1 amide bonds. The van der Waals surface area contributed by atoms with E-state index in [1.54, 1.807) is 11.4 Å². The Morgan fingerprint density at radius 1 is 1.18 bits per heavy atom. The van der Waals surface area contributed by atoms with E-state index in [0.717, 1.165) is 18.7 Å². The molecule has 11 heteroatoms. The van der Waals surface area contributed by atoms with Crippen molar-refractivity contribution in [2.75, 3.05) is 46.4 Å². The van der Waals surface area contributed by atoms with E-state index in [1.807, 2.05) is 0 Å². The highest BCUT2D eigenvalue weighted by atomic mass is 32.2. The van der Waals surface area contributed by atoms with Crippen molar-refractivity contribution in [2.45, 2.75) is 42.7 Å². The number of primary amides is 1. The Labute approximate surface area is 193 Å². The van der Waals surface area contributed by atoms with Crippen LogP contribution >= 0.6 is 0 Å². The van der Waals surface area contributed by atoms with Gasteiger partial charge in [0.05, 0.1) is 12.2 Å². The lowest BCUT2D eigenvalue weighted by Gasteiger charge is -2.46. The molecule has 2 N–H and O–H groups in total. The van der Waals surface area contributed by atoms with Crippen molar-refractivity contribution in [3.05, 3.63) is 29.8 Å². The molecule has 0 aliphatic carbocycles. The molecule has 2 saturated heterocycles. The molecule has 3 rings (SSSR count). The average molecular weight is 492 g/mol. The second kappa shape index (κ2) is 10.2. The van der Waals surface area contributed by atoms with Crippen LogP contribution in [0.2, 0.25) is 0 Å². The Morgan fingerprint density at radius 2 is 1.76 bits per heavy atom. The quantitative estimate of drug-likeness (QED) is 0.564. The molecule has 0 spiro atoms. The molecule has 2 aliphatic heterocycles. The molecular weight excluding hydrogens is 459 g/mol. The maximum Gasteiger partial charge on any atom is 0.416 e. The maximum atomic E-state index is 13.9. The predicted molar refractivity (Wildman–Crippen MR) is 121 cm³/mol. The molecule has 0 aromatic heterocycles. The van der Waals surface area contributed by atoms with Gasteiger partial charge >= 0.3 is 6.18 Å². The van der Waals surface area contributed by atoms with Gasteiger partial charge in [0.1, 0.15) is 16.6 Å². The number of hydrogen-bond donors (Lipinski definition) is 1. The lowest BCUT2D eigenvalue weighted by atomic mass is 9.95. The summed E-state index contributed by atoms with van der Waals surface area (Å²) in [6, 6.07) is 4.59. The molecule has 0 bridgehead atoms. The van der Waals surface area contributed by atoms with Crippen molar-refractivity contribution < 1.29 is 31.6 Å². The third kappa shape index (κ3) is 5.64. The summed E-state index contributed by atoms with van der Waals surface area (Å²) in [5.41, 5.74) is 5.05. The minimum absolute atomic E-state index is 0.228. The Balaban J connectivity index is 1.61. The summed E-state index contributed by atoms with van der Waals surface area (Å²) >= 11 is 0. The van der Waals surface area contributed by atoms with Crippen molar-refractivity contribution in [3.8, 4) is 5.75 Å². The van der Waals surface area contributed by atoms with Crippen molar-refractivity contribution in [1.29, 1.82) is 0 Å². The van der Waals surface area contributed by atoms with Gasteiger partial charge in [-0.05, 0) is 55.8 Å². The monoisotopic (exact) mass is 491 g/mol. The van der Waals surface area contributed by atoms with Crippen molar-refractivity contribution in [1.82, 2.24) is 9.21 Å². The van der Waals surface area contributed by atoms with Crippen LogP contribution in [0.4, 0.5) is 13.2 Å². The number of carbonyl (C=O) groups is 1. The van der Waals surface area contributed by atoms with Crippen LogP contribution in [0.15, 0.2) is 24.3 Å². The Kier molecular flexibility index (Phi) is 7.98. The minimum atomic E-state index is -4.39. The van der Waals surface area contributed by atoms with E-state index < -0.39 is 32.1 Å². The van der Waals surface area contributed by atoms with Gasteiger partial charge in [-0.25, -0.2) is 4.31 Å². The van der Waals surface area contributed by atoms with Gasteiger partial charge in [0, 0.05) is 49.5 Å². The zero-order valence-electron chi connectivity index (χ0n) is 18.8. The third-order valence-electron chi connectivity index (χ3n) is 6.64. The topological polar surface area (TPSA) is 85.1 Å². The van der Waals surface area contributed by atoms with Crippen LogP contribution in [0.3, 0.4) is 0 Å². The highest BCUT2D eigenvalue weighted by Gasteiger charge is 2.49. The molecule has 0 radical (unpaired) electrons. The normalized spacial score (nSPS) is 22.5. The van der Waals surface area contributed by atoms with Crippen LogP contribution in [0.1, 0.15) is 31.2 Å². The van der Waals surface area contributed by atoms with Gasteiger partial charge in [0.25, 0.3) is 0 Å². The Bertz CT molecular complexity index is 906. The second-order valence-electron chi connectivity index (χ2n) is 8.60. The first-order chi connectivity index (χ1) is 15.5. The summed E-state index contributed by atoms with van der Waals surface area (Å²) in [5.74, 6) is 3.77. The van der Waals surface area contributed by atoms with E-state index in [2.05, 4.69) is 10.8 Å². The standard InChI is InChI=1S/C22H32F3N3O4S/c1-31-16-15-27-13-9-21(10-14-27,20(26)29)33(2,30)28-11-7-19(8-12-28)32-18-5-3-17(4-6-18)22(23,24)25/h3-6,19H,2,7-16H2,1H3,(H2,26,29). The van der Waals surface area contributed by atoms with Crippen molar-refractivity contribution in [2.24, 2.45) is 5.73 Å².